The summed E-state index contributed by atoms with van der Waals surface area (Å²) in [6.45, 7) is 7.02. The van der Waals surface area contributed by atoms with Gasteiger partial charge in [0, 0.05) is 17.2 Å². The van der Waals surface area contributed by atoms with E-state index < -0.39 is 7.94 Å². The second-order valence-electron chi connectivity index (χ2n) is 5.11. The van der Waals surface area contributed by atoms with Gasteiger partial charge in [-0.2, -0.15) is 13.9 Å². The van der Waals surface area contributed by atoms with E-state index in [-0.39, 0.29) is 5.41 Å². The minimum absolute atomic E-state index is 0.0372. The monoisotopic (exact) mass is 305 g/mol. The molecular weight excluding hydrogens is 282 g/mol. The summed E-state index contributed by atoms with van der Waals surface area (Å²) >= 11 is 11.2. The Labute approximate surface area is 115 Å². The molecule has 0 saturated carbocycles. The first kappa shape index (κ1) is 17.9. The quantitative estimate of drug-likeness (QED) is 0.396. The van der Waals surface area contributed by atoms with Crippen LogP contribution in [0.15, 0.2) is 0 Å². The Morgan fingerprint density at radius 1 is 1.00 bits per heavy atom. The van der Waals surface area contributed by atoms with Crippen LogP contribution < -0.4 is 0 Å². The molecule has 3 nitrogen and oxygen atoms in total. The van der Waals surface area contributed by atoms with Crippen LogP contribution in [0.1, 0.15) is 33.6 Å². The van der Waals surface area contributed by atoms with Gasteiger partial charge in [0.25, 0.3) is 0 Å². The van der Waals surface area contributed by atoms with Crippen LogP contribution in [0.25, 0.3) is 0 Å². The van der Waals surface area contributed by atoms with Crippen LogP contribution in [0, 0.1) is 5.41 Å². The first-order valence-electron chi connectivity index (χ1n) is 5.85. The molecule has 0 saturated heterocycles. The second-order valence-corrected chi connectivity index (χ2v) is 7.97. The molecule has 0 aromatic rings. The van der Waals surface area contributed by atoms with Gasteiger partial charge in [0.1, 0.15) is 6.16 Å². The molecule has 0 aromatic carbocycles. The van der Waals surface area contributed by atoms with Crippen LogP contribution >= 0.6 is 31.1 Å². The lowest BCUT2D eigenvalue weighted by Gasteiger charge is -2.24. The summed E-state index contributed by atoms with van der Waals surface area (Å²) < 4.78 is 11.0. The highest BCUT2D eigenvalue weighted by Gasteiger charge is 2.44. The third-order valence-electron chi connectivity index (χ3n) is 1.82. The van der Waals surface area contributed by atoms with Gasteiger partial charge in [-0.05, 0) is 12.8 Å². The van der Waals surface area contributed by atoms with Gasteiger partial charge in [-0.3, -0.25) is 0 Å². The predicted octanol–water partition coefficient (Wildman–Crippen LogP) is 4.08. The average Bonchev–Trinajstić information content (AvgIpc) is 2.15. The number of alkyl halides is 2. The van der Waals surface area contributed by atoms with Crippen LogP contribution in [0.5, 0.6) is 0 Å². The maximum Gasteiger partial charge on any atom is 0.409 e. The van der Waals surface area contributed by atoms with Gasteiger partial charge in [-0.15, -0.1) is 23.2 Å². The molecule has 0 aromatic heterocycles. The molecule has 0 unspecified atom stereocenters. The lowest BCUT2D eigenvalue weighted by Crippen LogP contribution is -2.19. The van der Waals surface area contributed by atoms with Crippen molar-refractivity contribution in [2.24, 2.45) is 5.41 Å². The van der Waals surface area contributed by atoms with Crippen molar-refractivity contribution in [1.29, 1.82) is 0 Å². The summed E-state index contributed by atoms with van der Waals surface area (Å²) in [6.07, 6.45) is 1.95. The zero-order chi connectivity index (χ0) is 13.4. The SMILES string of the molecule is CC(C)(C)C[P+](O)(OCCCCl)OCCCCl. The number of hydrogen-bond acceptors (Lipinski definition) is 3. The molecule has 0 atom stereocenters. The molecule has 0 rings (SSSR count). The van der Waals surface area contributed by atoms with Gasteiger partial charge in [0.15, 0.2) is 0 Å². The predicted molar refractivity (Wildman–Crippen MR) is 76.0 cm³/mol. The molecule has 0 spiro atoms. The number of rotatable bonds is 9. The van der Waals surface area contributed by atoms with Crippen LogP contribution in [-0.4, -0.2) is 36.0 Å². The summed E-state index contributed by atoms with van der Waals surface area (Å²) in [7, 11) is -2.77. The molecule has 0 bridgehead atoms. The van der Waals surface area contributed by atoms with Crippen molar-refractivity contribution in [1.82, 2.24) is 0 Å². The Bertz CT molecular complexity index is 188. The van der Waals surface area contributed by atoms with Crippen LogP contribution in [0.4, 0.5) is 0 Å². The normalized spacial score (nSPS) is 13.1. The summed E-state index contributed by atoms with van der Waals surface area (Å²) in [5.74, 6) is 1.05. The van der Waals surface area contributed by atoms with Crippen molar-refractivity contribution >= 4 is 31.1 Å². The van der Waals surface area contributed by atoms with Crippen LogP contribution in [0.3, 0.4) is 0 Å². The van der Waals surface area contributed by atoms with Crippen molar-refractivity contribution in [3.05, 3.63) is 0 Å². The fraction of sp³-hybridized carbons (Fsp3) is 1.00. The Balaban J connectivity index is 4.24. The molecule has 0 fully saturated rings. The first-order chi connectivity index (χ1) is 7.83. The molecule has 0 aliphatic carbocycles. The van der Waals surface area contributed by atoms with Gasteiger partial charge in [0.2, 0.25) is 0 Å². The zero-order valence-electron chi connectivity index (χ0n) is 10.9. The zero-order valence-corrected chi connectivity index (χ0v) is 13.3. The lowest BCUT2D eigenvalue weighted by atomic mass is 10.0. The highest BCUT2D eigenvalue weighted by Crippen LogP contribution is 2.60. The molecule has 1 N–H and O–H groups in total. The van der Waals surface area contributed by atoms with E-state index in [1.54, 1.807) is 0 Å². The van der Waals surface area contributed by atoms with E-state index in [1.165, 1.54) is 0 Å². The molecule has 104 valence electrons. The minimum Gasteiger partial charge on any atom is -0.193 e. The van der Waals surface area contributed by atoms with E-state index >= 15 is 0 Å². The van der Waals surface area contributed by atoms with E-state index in [0.717, 1.165) is 0 Å². The topological polar surface area (TPSA) is 38.7 Å². The van der Waals surface area contributed by atoms with Gasteiger partial charge in [-0.1, -0.05) is 20.8 Å². The van der Waals surface area contributed by atoms with E-state index in [9.17, 15) is 4.89 Å². The van der Waals surface area contributed by atoms with Gasteiger partial charge in [-0.25, -0.2) is 0 Å². The Kier molecular flexibility index (Phi) is 9.37. The smallest absolute Gasteiger partial charge is 0.193 e. The number of halogens is 2. The summed E-state index contributed by atoms with van der Waals surface area (Å²) in [5.41, 5.74) is -0.0372. The molecule has 17 heavy (non-hydrogen) atoms. The Morgan fingerprint density at radius 2 is 1.41 bits per heavy atom. The molecular formula is C11H24Cl2O3P+. The highest BCUT2D eigenvalue weighted by molar-refractivity contribution is 7.60. The first-order valence-corrected chi connectivity index (χ1v) is 8.68. The second kappa shape index (κ2) is 8.90. The van der Waals surface area contributed by atoms with Crippen LogP contribution in [0.2, 0.25) is 0 Å². The van der Waals surface area contributed by atoms with Crippen molar-refractivity contribution in [2.45, 2.75) is 33.6 Å². The van der Waals surface area contributed by atoms with E-state index in [4.69, 9.17) is 32.2 Å². The minimum atomic E-state index is -2.77. The van der Waals surface area contributed by atoms with Gasteiger partial charge in [0.05, 0.1) is 13.2 Å². The molecule has 0 amide bonds. The molecule has 0 radical (unpaired) electrons. The summed E-state index contributed by atoms with van der Waals surface area (Å²) in [5, 5.41) is 0. The van der Waals surface area contributed by atoms with E-state index in [1.807, 2.05) is 20.8 Å². The Hall–Kier alpha value is 0.890. The fourth-order valence-electron chi connectivity index (χ4n) is 1.25. The van der Waals surface area contributed by atoms with Crippen LogP contribution in [-0.2, 0) is 9.05 Å². The Morgan fingerprint density at radius 3 is 1.71 bits per heavy atom. The highest BCUT2D eigenvalue weighted by atomic mass is 35.5. The average molecular weight is 306 g/mol. The molecule has 0 heterocycles. The van der Waals surface area contributed by atoms with E-state index in [2.05, 4.69) is 0 Å². The maximum atomic E-state index is 10.4. The third-order valence-corrected chi connectivity index (χ3v) is 4.87. The molecule has 6 heteroatoms. The van der Waals surface area contributed by atoms with Crippen molar-refractivity contribution in [3.63, 3.8) is 0 Å². The fourth-order valence-corrected chi connectivity index (χ4v) is 3.75. The van der Waals surface area contributed by atoms with Crippen molar-refractivity contribution in [2.75, 3.05) is 31.1 Å². The summed E-state index contributed by atoms with van der Waals surface area (Å²) in [6, 6.07) is 0. The van der Waals surface area contributed by atoms with Crippen molar-refractivity contribution in [3.8, 4) is 0 Å². The maximum absolute atomic E-state index is 10.4. The van der Waals surface area contributed by atoms with Crippen molar-refractivity contribution < 1.29 is 13.9 Å². The van der Waals surface area contributed by atoms with Gasteiger partial charge < -0.3 is 0 Å². The van der Waals surface area contributed by atoms with E-state index in [0.29, 0.717) is 44.0 Å². The third kappa shape index (κ3) is 10.5. The molecule has 0 aliphatic rings. The lowest BCUT2D eigenvalue weighted by molar-refractivity contribution is 0.168. The number of hydrogen-bond donors (Lipinski definition) is 1. The molecule has 0 aliphatic heterocycles. The van der Waals surface area contributed by atoms with Gasteiger partial charge >= 0.3 is 7.94 Å². The summed E-state index contributed by atoms with van der Waals surface area (Å²) in [4.78, 5) is 10.4. The standard InChI is InChI=1S/C11H24Cl2O3P/c1-11(2,3)10-17(14,15-8-4-6-12)16-9-5-7-13/h14H,4-10H2,1-3H3/q+1. The largest absolute Gasteiger partial charge is 0.409 e.